The predicted octanol–water partition coefficient (Wildman–Crippen LogP) is 3.01. The summed E-state index contributed by atoms with van der Waals surface area (Å²) in [6, 6.07) is 15.5. The van der Waals surface area contributed by atoms with Crippen LogP contribution >= 0.6 is 11.3 Å². The molecule has 3 heterocycles. The van der Waals surface area contributed by atoms with Gasteiger partial charge < -0.3 is 9.80 Å². The normalized spacial score (nSPS) is 14.1. The highest BCUT2D eigenvalue weighted by molar-refractivity contribution is 7.17. The van der Waals surface area contributed by atoms with Gasteiger partial charge in [0.05, 0.1) is 16.9 Å². The molecule has 1 aliphatic heterocycles. The summed E-state index contributed by atoms with van der Waals surface area (Å²) in [6.45, 7) is 3.56. The molecule has 0 aliphatic carbocycles. The molecule has 0 spiro atoms. The lowest BCUT2D eigenvalue weighted by Crippen LogP contribution is -2.51. The maximum absolute atomic E-state index is 14.1. The van der Waals surface area contributed by atoms with Crippen molar-refractivity contribution in [3.63, 3.8) is 0 Å². The second-order valence-corrected chi connectivity index (χ2v) is 9.22. The van der Waals surface area contributed by atoms with Crippen molar-refractivity contribution in [2.45, 2.75) is 13.5 Å². The second-order valence-electron chi connectivity index (χ2n) is 8.30. The van der Waals surface area contributed by atoms with Crippen LogP contribution in [-0.4, -0.2) is 46.1 Å². The van der Waals surface area contributed by atoms with Crippen LogP contribution in [0, 0.1) is 12.7 Å². The molecule has 7 nitrogen and oxygen atoms in total. The molecule has 0 atom stereocenters. The number of aryl methyl sites for hydroxylation is 1. The summed E-state index contributed by atoms with van der Waals surface area (Å²) < 4.78 is 17.1. The first-order valence-corrected chi connectivity index (χ1v) is 11.9. The van der Waals surface area contributed by atoms with E-state index in [2.05, 4.69) is 0 Å². The number of thiophene rings is 1. The number of rotatable bonds is 4. The van der Waals surface area contributed by atoms with E-state index in [0.717, 1.165) is 10.1 Å². The molecule has 1 aliphatic rings. The van der Waals surface area contributed by atoms with Gasteiger partial charge in [-0.05, 0) is 48.2 Å². The summed E-state index contributed by atoms with van der Waals surface area (Å²) in [5.41, 5.74) is 1.45. The number of carbonyl (C=O) groups is 1. The number of anilines is 1. The van der Waals surface area contributed by atoms with Gasteiger partial charge in [0.15, 0.2) is 0 Å². The molecule has 5 rings (SSSR count). The molecule has 34 heavy (non-hydrogen) atoms. The highest BCUT2D eigenvalue weighted by Gasteiger charge is 2.25. The van der Waals surface area contributed by atoms with Gasteiger partial charge in [0.25, 0.3) is 5.56 Å². The van der Waals surface area contributed by atoms with Gasteiger partial charge in [-0.1, -0.05) is 24.3 Å². The largest absolute Gasteiger partial charge is 0.366 e. The molecule has 4 aromatic rings. The van der Waals surface area contributed by atoms with E-state index in [1.807, 2.05) is 17.9 Å². The maximum atomic E-state index is 14.1. The van der Waals surface area contributed by atoms with Crippen LogP contribution in [0.5, 0.6) is 0 Å². The number of nitrogens with zero attached hydrogens (tertiary/aromatic N) is 4. The standard InChI is InChI=1S/C25H23FN4O3S/c1-17-5-4-6-18(15-17)30-24(32)23-21(9-14-34-23)29(25(30)33)16-22(31)28-12-10-27(11-13-28)20-8-3-2-7-19(20)26/h2-9,14-15H,10-13,16H2,1H3. The van der Waals surface area contributed by atoms with Gasteiger partial charge in [0.2, 0.25) is 5.91 Å². The van der Waals surface area contributed by atoms with E-state index >= 15 is 0 Å². The number of carbonyl (C=O) groups excluding carboxylic acids is 1. The summed E-state index contributed by atoms with van der Waals surface area (Å²) >= 11 is 1.25. The number of piperazine rings is 1. The molecule has 1 amide bonds. The molecule has 1 saturated heterocycles. The average molecular weight is 479 g/mol. The highest BCUT2D eigenvalue weighted by Crippen LogP contribution is 2.21. The van der Waals surface area contributed by atoms with Crippen molar-refractivity contribution in [1.29, 1.82) is 0 Å². The lowest BCUT2D eigenvalue weighted by atomic mass is 10.2. The topological polar surface area (TPSA) is 67.6 Å². The Hall–Kier alpha value is -3.72. The maximum Gasteiger partial charge on any atom is 0.336 e. The van der Waals surface area contributed by atoms with Gasteiger partial charge in [-0.2, -0.15) is 0 Å². The first kappa shape index (κ1) is 22.1. The van der Waals surface area contributed by atoms with E-state index < -0.39 is 5.69 Å². The van der Waals surface area contributed by atoms with Crippen LogP contribution in [0.2, 0.25) is 0 Å². The molecule has 0 saturated carbocycles. The second kappa shape index (κ2) is 8.90. The quantitative estimate of drug-likeness (QED) is 0.452. The number of fused-ring (bicyclic) bond motifs is 1. The first-order valence-electron chi connectivity index (χ1n) is 11.0. The van der Waals surface area contributed by atoms with E-state index in [1.165, 1.54) is 22.0 Å². The zero-order valence-corrected chi connectivity index (χ0v) is 19.4. The molecule has 0 radical (unpaired) electrons. The zero-order chi connectivity index (χ0) is 23.8. The molecule has 2 aromatic heterocycles. The van der Waals surface area contributed by atoms with Crippen molar-refractivity contribution >= 4 is 33.1 Å². The summed E-state index contributed by atoms with van der Waals surface area (Å²) in [7, 11) is 0. The van der Waals surface area contributed by atoms with Crippen LogP contribution in [0.15, 0.2) is 69.6 Å². The minimum Gasteiger partial charge on any atom is -0.366 e. The van der Waals surface area contributed by atoms with E-state index in [9.17, 15) is 18.8 Å². The van der Waals surface area contributed by atoms with Crippen LogP contribution in [0.3, 0.4) is 0 Å². The van der Waals surface area contributed by atoms with Crippen molar-refractivity contribution in [3.05, 3.63) is 92.2 Å². The SMILES string of the molecule is Cc1cccc(-n2c(=O)c3sccc3n(CC(=O)N3CCN(c4ccccc4F)CC3)c2=O)c1. The fraction of sp³-hybridized carbons (Fsp3) is 0.240. The third-order valence-corrected chi connectivity index (χ3v) is 7.03. The van der Waals surface area contributed by atoms with Crippen molar-refractivity contribution in [2.24, 2.45) is 0 Å². The smallest absolute Gasteiger partial charge is 0.336 e. The number of para-hydroxylation sites is 1. The third kappa shape index (κ3) is 3.92. The van der Waals surface area contributed by atoms with Gasteiger partial charge >= 0.3 is 5.69 Å². The van der Waals surface area contributed by atoms with Gasteiger partial charge in [-0.25, -0.2) is 13.8 Å². The molecule has 174 valence electrons. The number of amides is 1. The summed E-state index contributed by atoms with van der Waals surface area (Å²) in [5, 5.41) is 1.75. The number of aromatic nitrogens is 2. The monoisotopic (exact) mass is 478 g/mol. The Morgan fingerprint density at radius 1 is 1.00 bits per heavy atom. The van der Waals surface area contributed by atoms with Crippen LogP contribution < -0.4 is 16.1 Å². The Labute approximate surface area is 198 Å². The van der Waals surface area contributed by atoms with Crippen LogP contribution in [-0.2, 0) is 11.3 Å². The predicted molar refractivity (Wildman–Crippen MR) is 132 cm³/mol. The van der Waals surface area contributed by atoms with Crippen LogP contribution in [0.25, 0.3) is 15.9 Å². The van der Waals surface area contributed by atoms with Crippen LogP contribution in [0.4, 0.5) is 10.1 Å². The van der Waals surface area contributed by atoms with E-state index in [0.29, 0.717) is 47.8 Å². The Morgan fingerprint density at radius 3 is 2.50 bits per heavy atom. The van der Waals surface area contributed by atoms with Gasteiger partial charge in [-0.3, -0.25) is 14.2 Å². The van der Waals surface area contributed by atoms with Gasteiger partial charge in [0.1, 0.15) is 17.1 Å². The molecule has 0 N–H and O–H groups in total. The molecule has 9 heteroatoms. The third-order valence-electron chi connectivity index (χ3n) is 6.13. The summed E-state index contributed by atoms with van der Waals surface area (Å²) in [4.78, 5) is 43.3. The molecular weight excluding hydrogens is 455 g/mol. The van der Waals surface area contributed by atoms with Crippen LogP contribution in [0.1, 0.15) is 5.56 Å². The lowest BCUT2D eigenvalue weighted by Gasteiger charge is -2.36. The minimum atomic E-state index is -0.542. The van der Waals surface area contributed by atoms with Crippen molar-refractivity contribution in [3.8, 4) is 5.69 Å². The van der Waals surface area contributed by atoms with E-state index in [-0.39, 0.29) is 23.8 Å². The Kier molecular flexibility index (Phi) is 5.79. The number of hydrogen-bond donors (Lipinski definition) is 0. The summed E-state index contributed by atoms with van der Waals surface area (Å²) in [5.74, 6) is -0.496. The first-order chi connectivity index (χ1) is 16.4. The molecule has 0 unspecified atom stereocenters. The molecular formula is C25H23FN4O3S. The van der Waals surface area contributed by atoms with Crippen molar-refractivity contribution in [1.82, 2.24) is 14.0 Å². The fourth-order valence-corrected chi connectivity index (χ4v) is 5.20. The van der Waals surface area contributed by atoms with Crippen molar-refractivity contribution in [2.75, 3.05) is 31.1 Å². The zero-order valence-electron chi connectivity index (χ0n) is 18.6. The molecule has 2 aromatic carbocycles. The Morgan fingerprint density at radius 2 is 1.76 bits per heavy atom. The average Bonchev–Trinajstić information content (AvgIpc) is 3.33. The van der Waals surface area contributed by atoms with E-state index in [1.54, 1.807) is 52.7 Å². The van der Waals surface area contributed by atoms with Gasteiger partial charge in [-0.15, -0.1) is 11.3 Å². The molecule has 0 bridgehead atoms. The Bertz CT molecular complexity index is 1500. The number of halogens is 1. The number of benzene rings is 2. The minimum absolute atomic E-state index is 0.169. The number of hydrogen-bond acceptors (Lipinski definition) is 5. The molecule has 1 fully saturated rings. The van der Waals surface area contributed by atoms with Crippen molar-refractivity contribution < 1.29 is 9.18 Å². The highest BCUT2D eigenvalue weighted by atomic mass is 32.1. The lowest BCUT2D eigenvalue weighted by molar-refractivity contribution is -0.132. The van der Waals surface area contributed by atoms with Gasteiger partial charge in [0, 0.05) is 26.2 Å². The summed E-state index contributed by atoms with van der Waals surface area (Å²) in [6.07, 6.45) is 0. The van der Waals surface area contributed by atoms with E-state index in [4.69, 9.17) is 0 Å². The Balaban J connectivity index is 1.43. The fourth-order valence-electron chi connectivity index (χ4n) is 4.38.